The Labute approximate surface area is 159 Å². The van der Waals surface area contributed by atoms with Crippen molar-refractivity contribution in [3.05, 3.63) is 41.7 Å². The molecule has 1 N–H and O–H groups in total. The number of carbonyl (C=O) groups excluding carboxylic acids is 2. The molecule has 0 atom stereocenters. The average Bonchev–Trinajstić information content (AvgIpc) is 3.02. The normalized spacial score (nSPS) is 17.6. The van der Waals surface area contributed by atoms with E-state index in [1.165, 1.54) is 0 Å². The van der Waals surface area contributed by atoms with Crippen molar-refractivity contribution in [1.82, 2.24) is 19.8 Å². The molecule has 3 heterocycles. The maximum Gasteiger partial charge on any atom is 0.224 e. The number of imidazole rings is 1. The summed E-state index contributed by atoms with van der Waals surface area (Å²) in [5, 5.41) is 0. The molecule has 0 aliphatic carbocycles. The van der Waals surface area contributed by atoms with E-state index in [1.54, 1.807) is 0 Å². The first-order valence-corrected chi connectivity index (χ1v) is 9.89. The van der Waals surface area contributed by atoms with Crippen LogP contribution in [0.1, 0.15) is 43.5 Å². The van der Waals surface area contributed by atoms with Crippen LogP contribution in [0.25, 0.3) is 11.4 Å². The molecule has 142 valence electrons. The number of H-pyrrole nitrogens is 1. The van der Waals surface area contributed by atoms with Crippen LogP contribution in [-0.4, -0.2) is 51.2 Å². The van der Waals surface area contributed by atoms with E-state index in [9.17, 15) is 9.59 Å². The highest BCUT2D eigenvalue weighted by molar-refractivity contribution is 5.79. The van der Waals surface area contributed by atoms with E-state index in [4.69, 9.17) is 4.98 Å². The number of amides is 2. The second kappa shape index (κ2) is 7.94. The molecular weight excluding hydrogens is 340 g/mol. The Morgan fingerprint density at radius 3 is 2.78 bits per heavy atom. The number of hydrogen-bond donors (Lipinski definition) is 1. The summed E-state index contributed by atoms with van der Waals surface area (Å²) in [6, 6.07) is 10.0. The van der Waals surface area contributed by atoms with Crippen LogP contribution < -0.4 is 0 Å². The number of carbonyl (C=O) groups is 2. The SMILES string of the molecule is O=C1CCCCCN1CCC(=O)N1CCc2nc(-c3ccccc3)[nH]c2C1. The van der Waals surface area contributed by atoms with Crippen LogP contribution >= 0.6 is 0 Å². The van der Waals surface area contributed by atoms with Gasteiger partial charge in [0.15, 0.2) is 0 Å². The van der Waals surface area contributed by atoms with Gasteiger partial charge in [-0.05, 0) is 12.8 Å². The summed E-state index contributed by atoms with van der Waals surface area (Å²) < 4.78 is 0. The summed E-state index contributed by atoms with van der Waals surface area (Å²) in [6.07, 6.45) is 4.92. The number of likely N-dealkylation sites (tertiary alicyclic amines) is 1. The van der Waals surface area contributed by atoms with Crippen molar-refractivity contribution in [2.24, 2.45) is 0 Å². The van der Waals surface area contributed by atoms with E-state index < -0.39 is 0 Å². The minimum atomic E-state index is 0.119. The molecule has 2 aromatic rings. The van der Waals surface area contributed by atoms with Gasteiger partial charge < -0.3 is 14.8 Å². The van der Waals surface area contributed by atoms with Gasteiger partial charge in [0.25, 0.3) is 0 Å². The largest absolute Gasteiger partial charge is 0.342 e. The number of hydrogen-bond acceptors (Lipinski definition) is 3. The summed E-state index contributed by atoms with van der Waals surface area (Å²) in [6.45, 7) is 2.59. The van der Waals surface area contributed by atoms with Crippen molar-refractivity contribution >= 4 is 11.8 Å². The van der Waals surface area contributed by atoms with E-state index in [1.807, 2.05) is 40.1 Å². The Morgan fingerprint density at radius 2 is 1.93 bits per heavy atom. The van der Waals surface area contributed by atoms with Gasteiger partial charge in [0.2, 0.25) is 11.8 Å². The van der Waals surface area contributed by atoms with Gasteiger partial charge in [-0.1, -0.05) is 36.8 Å². The van der Waals surface area contributed by atoms with Crippen LogP contribution in [0.15, 0.2) is 30.3 Å². The lowest BCUT2D eigenvalue weighted by Gasteiger charge is -2.27. The molecule has 1 saturated heterocycles. The highest BCUT2D eigenvalue weighted by Gasteiger charge is 2.25. The van der Waals surface area contributed by atoms with Crippen molar-refractivity contribution in [3.8, 4) is 11.4 Å². The number of aromatic amines is 1. The lowest BCUT2D eigenvalue weighted by molar-refractivity contribution is -0.134. The number of nitrogens with zero attached hydrogens (tertiary/aromatic N) is 3. The lowest BCUT2D eigenvalue weighted by atomic mass is 10.1. The van der Waals surface area contributed by atoms with Crippen LogP contribution in [-0.2, 0) is 22.6 Å². The molecule has 2 amide bonds. The van der Waals surface area contributed by atoms with E-state index in [0.717, 1.165) is 55.0 Å². The van der Waals surface area contributed by atoms with Crippen LogP contribution in [0.2, 0.25) is 0 Å². The topological polar surface area (TPSA) is 69.3 Å². The summed E-state index contributed by atoms with van der Waals surface area (Å²) in [5.74, 6) is 1.18. The first kappa shape index (κ1) is 17.8. The number of rotatable bonds is 4. The smallest absolute Gasteiger partial charge is 0.224 e. The summed E-state index contributed by atoms with van der Waals surface area (Å²) in [5.41, 5.74) is 3.14. The fourth-order valence-electron chi connectivity index (χ4n) is 3.90. The molecule has 1 fully saturated rings. The molecule has 2 aliphatic heterocycles. The minimum absolute atomic E-state index is 0.119. The minimum Gasteiger partial charge on any atom is -0.342 e. The first-order chi connectivity index (χ1) is 13.2. The third-order valence-corrected chi connectivity index (χ3v) is 5.50. The summed E-state index contributed by atoms with van der Waals surface area (Å²) >= 11 is 0. The van der Waals surface area contributed by atoms with Gasteiger partial charge in [-0.3, -0.25) is 9.59 Å². The Morgan fingerprint density at radius 1 is 1.07 bits per heavy atom. The quantitative estimate of drug-likeness (QED) is 0.905. The van der Waals surface area contributed by atoms with E-state index in [0.29, 0.717) is 32.5 Å². The molecular formula is C21H26N4O2. The molecule has 4 rings (SSSR count). The van der Waals surface area contributed by atoms with Crippen molar-refractivity contribution in [3.63, 3.8) is 0 Å². The third kappa shape index (κ3) is 4.04. The Kier molecular flexibility index (Phi) is 5.23. The monoisotopic (exact) mass is 366 g/mol. The molecule has 0 saturated carbocycles. The Balaban J connectivity index is 1.37. The first-order valence-electron chi connectivity index (χ1n) is 9.89. The average molecular weight is 366 g/mol. The van der Waals surface area contributed by atoms with Gasteiger partial charge in [0.1, 0.15) is 5.82 Å². The van der Waals surface area contributed by atoms with Crippen molar-refractivity contribution in [2.45, 2.75) is 45.1 Å². The standard InChI is InChI=1S/C21H26N4O2/c26-19-9-5-2-6-12-24(19)14-11-20(27)25-13-10-17-18(15-25)23-21(22-17)16-7-3-1-4-8-16/h1,3-4,7-8H,2,5-6,9-15H2,(H,22,23). The highest BCUT2D eigenvalue weighted by atomic mass is 16.2. The lowest BCUT2D eigenvalue weighted by Crippen LogP contribution is -2.39. The van der Waals surface area contributed by atoms with E-state index >= 15 is 0 Å². The molecule has 0 unspecified atom stereocenters. The van der Waals surface area contributed by atoms with Crippen LogP contribution in [0, 0.1) is 0 Å². The number of fused-ring (bicyclic) bond motifs is 1. The predicted octanol–water partition coefficient (Wildman–Crippen LogP) is 2.75. The van der Waals surface area contributed by atoms with Gasteiger partial charge in [0, 0.05) is 44.5 Å². The Hall–Kier alpha value is -2.63. The summed E-state index contributed by atoms with van der Waals surface area (Å²) in [4.78, 5) is 36.6. The maximum absolute atomic E-state index is 12.7. The molecule has 0 spiro atoms. The number of aromatic nitrogens is 2. The molecule has 6 nitrogen and oxygen atoms in total. The number of benzene rings is 1. The zero-order chi connectivity index (χ0) is 18.6. The van der Waals surface area contributed by atoms with Crippen molar-refractivity contribution in [2.75, 3.05) is 19.6 Å². The molecule has 0 bridgehead atoms. The van der Waals surface area contributed by atoms with Crippen molar-refractivity contribution in [1.29, 1.82) is 0 Å². The van der Waals surface area contributed by atoms with Gasteiger partial charge in [-0.25, -0.2) is 4.98 Å². The molecule has 2 aliphatic rings. The van der Waals surface area contributed by atoms with Gasteiger partial charge in [-0.15, -0.1) is 0 Å². The second-order valence-corrected chi connectivity index (χ2v) is 7.38. The van der Waals surface area contributed by atoms with Crippen LogP contribution in [0.4, 0.5) is 0 Å². The molecule has 1 aromatic heterocycles. The van der Waals surface area contributed by atoms with Crippen LogP contribution in [0.5, 0.6) is 0 Å². The summed E-state index contributed by atoms with van der Waals surface area (Å²) in [7, 11) is 0. The molecule has 0 radical (unpaired) electrons. The zero-order valence-corrected chi connectivity index (χ0v) is 15.6. The van der Waals surface area contributed by atoms with Gasteiger partial charge >= 0.3 is 0 Å². The fraction of sp³-hybridized carbons (Fsp3) is 0.476. The predicted molar refractivity (Wildman–Crippen MR) is 103 cm³/mol. The van der Waals surface area contributed by atoms with E-state index in [2.05, 4.69) is 4.98 Å². The second-order valence-electron chi connectivity index (χ2n) is 7.38. The molecule has 1 aromatic carbocycles. The Bertz CT molecular complexity index is 815. The molecule has 6 heteroatoms. The zero-order valence-electron chi connectivity index (χ0n) is 15.6. The van der Waals surface area contributed by atoms with Crippen molar-refractivity contribution < 1.29 is 9.59 Å². The third-order valence-electron chi connectivity index (χ3n) is 5.50. The van der Waals surface area contributed by atoms with Crippen LogP contribution in [0.3, 0.4) is 0 Å². The van der Waals surface area contributed by atoms with Gasteiger partial charge in [0.05, 0.1) is 17.9 Å². The van der Waals surface area contributed by atoms with E-state index in [-0.39, 0.29) is 11.8 Å². The highest BCUT2D eigenvalue weighted by Crippen LogP contribution is 2.23. The number of nitrogens with one attached hydrogen (secondary N) is 1. The van der Waals surface area contributed by atoms with Gasteiger partial charge in [-0.2, -0.15) is 0 Å². The maximum atomic E-state index is 12.7. The fourth-order valence-corrected chi connectivity index (χ4v) is 3.90. The molecule has 27 heavy (non-hydrogen) atoms.